The van der Waals surface area contributed by atoms with Gasteiger partial charge in [0.05, 0.1) is 11.0 Å². The number of hydrogen-bond donors (Lipinski definition) is 0. The van der Waals surface area contributed by atoms with E-state index in [-0.39, 0.29) is 16.4 Å². The van der Waals surface area contributed by atoms with E-state index < -0.39 is 9.84 Å². The number of sulfone groups is 1. The molecule has 0 radical (unpaired) electrons. The number of rotatable bonds is 9. The minimum Gasteiger partial charge on any atom is -0.303 e. The first-order chi connectivity index (χ1) is 13.6. The third-order valence-electron chi connectivity index (χ3n) is 6.50. The van der Waals surface area contributed by atoms with Crippen LogP contribution in [0.4, 0.5) is 0 Å². The molecule has 162 valence electrons. The Kier molecular flexibility index (Phi) is 7.21. The Labute approximate surface area is 177 Å². The summed E-state index contributed by atoms with van der Waals surface area (Å²) in [5.41, 5.74) is 2.19. The summed E-state index contributed by atoms with van der Waals surface area (Å²) in [5.74, 6) is 1.21. The van der Waals surface area contributed by atoms with Crippen molar-refractivity contribution in [3.63, 3.8) is 0 Å². The van der Waals surface area contributed by atoms with Crippen molar-refractivity contribution in [1.29, 1.82) is 0 Å². The monoisotopic (exact) mass is 419 g/mol. The minimum absolute atomic E-state index is 0.0320. The summed E-state index contributed by atoms with van der Waals surface area (Å²) >= 11 is 0. The molecule has 2 aliphatic rings. The van der Waals surface area contributed by atoms with E-state index in [2.05, 4.69) is 37.8 Å². The van der Waals surface area contributed by atoms with Gasteiger partial charge >= 0.3 is 0 Å². The van der Waals surface area contributed by atoms with Gasteiger partial charge in [0.2, 0.25) is 0 Å². The van der Waals surface area contributed by atoms with Gasteiger partial charge in [-0.05, 0) is 75.1 Å². The molecular formula is C24H37NO3S. The van der Waals surface area contributed by atoms with Crippen molar-refractivity contribution in [3.8, 4) is 0 Å². The number of benzene rings is 1. The first-order valence-electron chi connectivity index (χ1n) is 11.2. The van der Waals surface area contributed by atoms with Gasteiger partial charge in [0.25, 0.3) is 0 Å². The topological polar surface area (TPSA) is 54.5 Å². The van der Waals surface area contributed by atoms with E-state index >= 15 is 0 Å². The van der Waals surface area contributed by atoms with Crippen LogP contribution in [0.25, 0.3) is 0 Å². The molecule has 0 aromatic heterocycles. The van der Waals surface area contributed by atoms with E-state index in [1.54, 1.807) is 0 Å². The fraction of sp³-hybridized carbons (Fsp3) is 0.708. The van der Waals surface area contributed by atoms with Gasteiger partial charge in [0, 0.05) is 12.0 Å². The molecule has 0 N–H and O–H groups in total. The van der Waals surface area contributed by atoms with Gasteiger partial charge in [-0.3, -0.25) is 4.79 Å². The summed E-state index contributed by atoms with van der Waals surface area (Å²) < 4.78 is 23.9. The summed E-state index contributed by atoms with van der Waals surface area (Å²) in [6.45, 7) is 9.50. The van der Waals surface area contributed by atoms with Gasteiger partial charge in [-0.25, -0.2) is 8.42 Å². The second-order valence-electron chi connectivity index (χ2n) is 9.99. The number of carbonyl (C=O) groups excluding carboxylic acids is 1. The fourth-order valence-corrected chi connectivity index (χ4v) is 5.94. The molecule has 1 heterocycles. The molecule has 1 aliphatic carbocycles. The van der Waals surface area contributed by atoms with Crippen LogP contribution in [-0.2, 0) is 15.3 Å². The largest absolute Gasteiger partial charge is 0.303 e. The second-order valence-corrected chi connectivity index (χ2v) is 12.4. The van der Waals surface area contributed by atoms with E-state index in [0.717, 1.165) is 63.7 Å². The number of piperidine rings is 1. The fourth-order valence-electron chi connectivity index (χ4n) is 4.22. The van der Waals surface area contributed by atoms with Crippen molar-refractivity contribution in [3.05, 3.63) is 35.4 Å². The van der Waals surface area contributed by atoms with Gasteiger partial charge < -0.3 is 4.90 Å². The predicted octanol–water partition coefficient (Wildman–Crippen LogP) is 4.63. The molecule has 1 aromatic carbocycles. The molecule has 0 spiro atoms. The molecule has 5 heteroatoms. The molecule has 1 saturated carbocycles. The lowest BCUT2D eigenvalue weighted by Crippen LogP contribution is -2.35. The van der Waals surface area contributed by atoms with Crippen LogP contribution in [-0.4, -0.2) is 49.7 Å². The van der Waals surface area contributed by atoms with Gasteiger partial charge in [-0.2, -0.15) is 0 Å². The third-order valence-corrected chi connectivity index (χ3v) is 8.84. The van der Waals surface area contributed by atoms with Gasteiger partial charge in [0.1, 0.15) is 0 Å². The Morgan fingerprint density at radius 2 is 1.66 bits per heavy atom. The van der Waals surface area contributed by atoms with Crippen LogP contribution in [0.1, 0.15) is 81.6 Å². The Morgan fingerprint density at radius 3 is 2.21 bits per heavy atom. The van der Waals surface area contributed by atoms with E-state index in [1.807, 2.05) is 12.1 Å². The van der Waals surface area contributed by atoms with E-state index in [0.29, 0.717) is 18.1 Å². The predicted molar refractivity (Wildman–Crippen MR) is 119 cm³/mol. The van der Waals surface area contributed by atoms with Crippen molar-refractivity contribution >= 4 is 15.6 Å². The van der Waals surface area contributed by atoms with E-state index in [1.165, 1.54) is 5.56 Å². The normalized spacial score (nSPS) is 19.4. The number of nitrogens with zero attached hydrogens (tertiary/aromatic N) is 1. The first-order valence-corrected chi connectivity index (χ1v) is 12.9. The van der Waals surface area contributed by atoms with Crippen LogP contribution >= 0.6 is 0 Å². The highest BCUT2D eigenvalue weighted by molar-refractivity contribution is 7.92. The highest BCUT2D eigenvalue weighted by Gasteiger charge is 2.35. The molecule has 0 bridgehead atoms. The average molecular weight is 420 g/mol. The van der Waals surface area contributed by atoms with Crippen molar-refractivity contribution in [1.82, 2.24) is 4.90 Å². The lowest BCUT2D eigenvalue weighted by Gasteiger charge is -2.31. The number of carbonyl (C=O) groups is 1. The maximum atomic E-state index is 12.5. The summed E-state index contributed by atoms with van der Waals surface area (Å²) in [6, 6.07) is 8.10. The average Bonchev–Trinajstić information content (AvgIpc) is 3.52. The molecule has 1 aromatic rings. The molecule has 2 fully saturated rings. The molecule has 3 rings (SSSR count). The van der Waals surface area contributed by atoms with Crippen LogP contribution in [0.5, 0.6) is 0 Å². The smallest absolute Gasteiger partial charge is 0.162 e. The third kappa shape index (κ3) is 6.65. The zero-order valence-corrected chi connectivity index (χ0v) is 19.1. The van der Waals surface area contributed by atoms with Crippen molar-refractivity contribution < 1.29 is 13.2 Å². The highest BCUT2D eigenvalue weighted by atomic mass is 32.2. The second kappa shape index (κ2) is 9.30. The van der Waals surface area contributed by atoms with Gasteiger partial charge in [-0.1, -0.05) is 45.0 Å². The van der Waals surface area contributed by atoms with Crippen LogP contribution in [0, 0.1) is 5.92 Å². The quantitative estimate of drug-likeness (QED) is 0.548. The van der Waals surface area contributed by atoms with Crippen LogP contribution in [0.15, 0.2) is 24.3 Å². The van der Waals surface area contributed by atoms with E-state index in [4.69, 9.17) is 0 Å². The summed E-state index contributed by atoms with van der Waals surface area (Å²) in [6.07, 6.45) is 6.31. The molecule has 4 nitrogen and oxygen atoms in total. The maximum absolute atomic E-state index is 12.5. The van der Waals surface area contributed by atoms with Crippen molar-refractivity contribution in [2.24, 2.45) is 5.92 Å². The number of ketones is 1. The Hall–Kier alpha value is -1.20. The van der Waals surface area contributed by atoms with Crippen molar-refractivity contribution in [2.75, 3.05) is 25.4 Å². The van der Waals surface area contributed by atoms with Gasteiger partial charge in [-0.15, -0.1) is 0 Å². The first kappa shape index (κ1) is 22.5. The molecule has 29 heavy (non-hydrogen) atoms. The lowest BCUT2D eigenvalue weighted by atomic mass is 9.86. The number of likely N-dealkylation sites (tertiary alicyclic amines) is 1. The number of Topliss-reactive ketones (excluding diaryl/α,β-unsaturated/α-hetero) is 1. The molecule has 0 unspecified atom stereocenters. The van der Waals surface area contributed by atoms with Crippen LogP contribution in [0.3, 0.4) is 0 Å². The Morgan fingerprint density at radius 1 is 1.03 bits per heavy atom. The maximum Gasteiger partial charge on any atom is 0.162 e. The lowest BCUT2D eigenvalue weighted by molar-refractivity contribution is 0.0962. The number of hydrogen-bond acceptors (Lipinski definition) is 4. The zero-order valence-electron chi connectivity index (χ0n) is 18.3. The highest BCUT2D eigenvalue weighted by Crippen LogP contribution is 2.29. The molecule has 0 amide bonds. The Bertz CT molecular complexity index is 780. The molecule has 1 aliphatic heterocycles. The Balaban J connectivity index is 1.34. The molecule has 0 atom stereocenters. The molecular weight excluding hydrogens is 382 g/mol. The molecule has 1 saturated heterocycles. The SMILES string of the molecule is CC(C)(C)c1ccc(C(=O)CCC2CCN(CCCS(=O)(=O)C3CC3)CC2)cc1. The summed E-state index contributed by atoms with van der Waals surface area (Å²) in [5, 5.41) is -0.0320. The summed E-state index contributed by atoms with van der Waals surface area (Å²) in [4.78, 5) is 14.9. The zero-order chi connectivity index (χ0) is 21.1. The van der Waals surface area contributed by atoms with Gasteiger partial charge in [0.15, 0.2) is 15.6 Å². The van der Waals surface area contributed by atoms with Crippen molar-refractivity contribution in [2.45, 2.75) is 76.4 Å². The van der Waals surface area contributed by atoms with E-state index in [9.17, 15) is 13.2 Å². The van der Waals surface area contributed by atoms with Crippen LogP contribution in [0.2, 0.25) is 0 Å². The van der Waals surface area contributed by atoms with Crippen LogP contribution < -0.4 is 0 Å². The summed E-state index contributed by atoms with van der Waals surface area (Å²) in [7, 11) is -2.82. The standard InChI is InChI=1S/C24H37NO3S/c1-24(2,3)21-8-6-20(7-9-21)23(26)12-5-19-13-16-25(17-14-19)15-4-18-29(27,28)22-10-11-22/h6-9,19,22H,4-5,10-18H2,1-3H3. The minimum atomic E-state index is -2.82.